The van der Waals surface area contributed by atoms with Gasteiger partial charge in [0, 0.05) is 25.0 Å². The molecule has 6 heteroatoms. The van der Waals surface area contributed by atoms with Crippen molar-refractivity contribution in [2.75, 3.05) is 18.5 Å². The van der Waals surface area contributed by atoms with E-state index in [0.29, 0.717) is 24.7 Å². The Balaban J connectivity index is 0.00000225. The molecule has 5 nitrogen and oxygen atoms in total. The molecule has 1 aliphatic rings. The molecule has 1 heterocycles. The van der Waals surface area contributed by atoms with E-state index in [4.69, 9.17) is 15.2 Å². The van der Waals surface area contributed by atoms with Gasteiger partial charge in [-0.2, -0.15) is 0 Å². The van der Waals surface area contributed by atoms with Gasteiger partial charge in [0.2, 0.25) is 5.91 Å². The minimum Gasteiger partial charge on any atom is -0.457 e. The fourth-order valence-electron chi connectivity index (χ4n) is 2.78. The van der Waals surface area contributed by atoms with Gasteiger partial charge >= 0.3 is 0 Å². The zero-order valence-corrected chi connectivity index (χ0v) is 14.7. The standard InChI is InChI=1S/C19H22N2O3.ClH/c20-18(14-9-11-23-12-10-14)19(22)21-15-5-4-8-17(13-15)24-16-6-2-1-3-7-16;/h1-8,13-14,18H,9-12,20H2,(H,21,22);1H. The molecule has 134 valence electrons. The summed E-state index contributed by atoms with van der Waals surface area (Å²) in [5.74, 6) is 1.42. The minimum atomic E-state index is -0.521. The number of anilines is 1. The molecule has 3 N–H and O–H groups in total. The number of amides is 1. The van der Waals surface area contributed by atoms with Crippen molar-refractivity contribution in [3.8, 4) is 11.5 Å². The fraction of sp³-hybridized carbons (Fsp3) is 0.316. The molecule has 25 heavy (non-hydrogen) atoms. The summed E-state index contributed by atoms with van der Waals surface area (Å²) in [5.41, 5.74) is 6.78. The summed E-state index contributed by atoms with van der Waals surface area (Å²) in [6.07, 6.45) is 1.65. The molecule has 1 saturated heterocycles. The average molecular weight is 363 g/mol. The lowest BCUT2D eigenvalue weighted by atomic mass is 9.92. The first-order chi connectivity index (χ1) is 11.7. The highest BCUT2D eigenvalue weighted by atomic mass is 35.5. The maximum Gasteiger partial charge on any atom is 0.241 e. The molecular weight excluding hydrogens is 340 g/mol. The third-order valence-electron chi connectivity index (χ3n) is 4.16. The molecule has 0 aliphatic carbocycles. The number of ether oxygens (including phenoxy) is 2. The Bertz CT molecular complexity index is 675. The van der Waals surface area contributed by atoms with Crippen LogP contribution in [0.2, 0.25) is 0 Å². The number of para-hydroxylation sites is 1. The van der Waals surface area contributed by atoms with Crippen molar-refractivity contribution in [2.24, 2.45) is 11.7 Å². The van der Waals surface area contributed by atoms with Gasteiger partial charge in [0.15, 0.2) is 0 Å². The number of carbonyl (C=O) groups excluding carboxylic acids is 1. The van der Waals surface area contributed by atoms with Gasteiger partial charge in [0.05, 0.1) is 6.04 Å². The normalized spacial score (nSPS) is 15.7. The Kier molecular flexibility index (Phi) is 7.25. The van der Waals surface area contributed by atoms with E-state index in [-0.39, 0.29) is 24.2 Å². The number of hydrogen-bond donors (Lipinski definition) is 2. The van der Waals surface area contributed by atoms with Gasteiger partial charge < -0.3 is 20.5 Å². The highest BCUT2D eigenvalue weighted by Crippen LogP contribution is 2.24. The first kappa shape index (κ1) is 19.2. The zero-order valence-electron chi connectivity index (χ0n) is 13.9. The monoisotopic (exact) mass is 362 g/mol. The topological polar surface area (TPSA) is 73.6 Å². The van der Waals surface area contributed by atoms with Gasteiger partial charge in [-0.25, -0.2) is 0 Å². The second kappa shape index (κ2) is 9.42. The minimum absolute atomic E-state index is 0. The Morgan fingerprint density at radius 3 is 2.48 bits per heavy atom. The molecule has 0 bridgehead atoms. The van der Waals surface area contributed by atoms with Crippen LogP contribution in [0.15, 0.2) is 54.6 Å². The van der Waals surface area contributed by atoms with Gasteiger partial charge in [-0.1, -0.05) is 24.3 Å². The summed E-state index contributed by atoms with van der Waals surface area (Å²) in [5, 5.41) is 2.88. The number of halogens is 1. The van der Waals surface area contributed by atoms with Crippen LogP contribution in [0.1, 0.15) is 12.8 Å². The summed E-state index contributed by atoms with van der Waals surface area (Å²) < 4.78 is 11.1. The summed E-state index contributed by atoms with van der Waals surface area (Å²) in [6, 6.07) is 16.3. The van der Waals surface area contributed by atoms with Crippen LogP contribution in [-0.4, -0.2) is 25.2 Å². The second-order valence-corrected chi connectivity index (χ2v) is 5.91. The van der Waals surface area contributed by atoms with E-state index in [2.05, 4.69) is 5.32 Å². The van der Waals surface area contributed by atoms with Crippen LogP contribution in [0, 0.1) is 5.92 Å². The van der Waals surface area contributed by atoms with Gasteiger partial charge in [-0.05, 0) is 43.0 Å². The summed E-state index contributed by atoms with van der Waals surface area (Å²) in [7, 11) is 0. The number of carbonyl (C=O) groups is 1. The summed E-state index contributed by atoms with van der Waals surface area (Å²) in [4.78, 5) is 12.4. The Morgan fingerprint density at radius 1 is 1.08 bits per heavy atom. The van der Waals surface area contributed by atoms with Crippen LogP contribution >= 0.6 is 12.4 Å². The van der Waals surface area contributed by atoms with E-state index < -0.39 is 6.04 Å². The fourth-order valence-corrected chi connectivity index (χ4v) is 2.78. The quantitative estimate of drug-likeness (QED) is 0.852. The molecule has 0 radical (unpaired) electrons. The highest BCUT2D eigenvalue weighted by molar-refractivity contribution is 5.95. The van der Waals surface area contributed by atoms with Crippen molar-refractivity contribution in [1.29, 1.82) is 0 Å². The first-order valence-corrected chi connectivity index (χ1v) is 8.19. The van der Waals surface area contributed by atoms with E-state index >= 15 is 0 Å². The van der Waals surface area contributed by atoms with E-state index in [1.165, 1.54) is 0 Å². The molecule has 2 aromatic rings. The molecular formula is C19H23ClN2O3. The maximum atomic E-state index is 12.4. The van der Waals surface area contributed by atoms with Crippen molar-refractivity contribution in [3.05, 3.63) is 54.6 Å². The molecule has 1 fully saturated rings. The van der Waals surface area contributed by atoms with Gasteiger partial charge in [-0.15, -0.1) is 12.4 Å². The summed E-state index contributed by atoms with van der Waals surface area (Å²) in [6.45, 7) is 1.35. The van der Waals surface area contributed by atoms with Crippen molar-refractivity contribution >= 4 is 24.0 Å². The Morgan fingerprint density at radius 2 is 1.76 bits per heavy atom. The van der Waals surface area contributed by atoms with Crippen LogP contribution in [0.3, 0.4) is 0 Å². The predicted octanol–water partition coefficient (Wildman–Crippen LogP) is 3.59. The molecule has 1 unspecified atom stereocenters. The Hall–Kier alpha value is -2.08. The van der Waals surface area contributed by atoms with Crippen LogP contribution in [0.5, 0.6) is 11.5 Å². The number of nitrogens with two attached hydrogens (primary N) is 1. The number of benzene rings is 2. The number of nitrogens with one attached hydrogen (secondary N) is 1. The molecule has 0 aromatic heterocycles. The van der Waals surface area contributed by atoms with Crippen LogP contribution < -0.4 is 15.8 Å². The van der Waals surface area contributed by atoms with Crippen molar-refractivity contribution in [3.63, 3.8) is 0 Å². The van der Waals surface area contributed by atoms with E-state index in [0.717, 1.165) is 18.6 Å². The van der Waals surface area contributed by atoms with Gasteiger partial charge in [0.25, 0.3) is 0 Å². The molecule has 0 spiro atoms. The largest absolute Gasteiger partial charge is 0.457 e. The van der Waals surface area contributed by atoms with Crippen LogP contribution in [0.25, 0.3) is 0 Å². The lowest BCUT2D eigenvalue weighted by Crippen LogP contribution is -2.43. The van der Waals surface area contributed by atoms with Crippen molar-refractivity contribution in [1.82, 2.24) is 0 Å². The molecule has 0 saturated carbocycles. The number of rotatable bonds is 5. The predicted molar refractivity (Wildman–Crippen MR) is 100 cm³/mol. The van der Waals surface area contributed by atoms with Gasteiger partial charge in [0.1, 0.15) is 11.5 Å². The van der Waals surface area contributed by atoms with Crippen LogP contribution in [-0.2, 0) is 9.53 Å². The molecule has 1 atom stereocenters. The third-order valence-corrected chi connectivity index (χ3v) is 4.16. The van der Waals surface area contributed by atoms with Gasteiger partial charge in [-0.3, -0.25) is 4.79 Å². The lowest BCUT2D eigenvalue weighted by Gasteiger charge is -2.26. The van der Waals surface area contributed by atoms with E-state index in [1.807, 2.05) is 48.5 Å². The zero-order chi connectivity index (χ0) is 16.8. The Labute approximate surface area is 153 Å². The maximum absolute atomic E-state index is 12.4. The molecule has 1 aliphatic heterocycles. The lowest BCUT2D eigenvalue weighted by molar-refractivity contribution is -0.119. The second-order valence-electron chi connectivity index (χ2n) is 5.91. The first-order valence-electron chi connectivity index (χ1n) is 8.19. The molecule has 2 aromatic carbocycles. The average Bonchev–Trinajstić information content (AvgIpc) is 2.63. The number of hydrogen-bond acceptors (Lipinski definition) is 4. The summed E-state index contributed by atoms with van der Waals surface area (Å²) >= 11 is 0. The third kappa shape index (κ3) is 5.46. The SMILES string of the molecule is Cl.NC(C(=O)Nc1cccc(Oc2ccccc2)c1)C1CCOCC1. The van der Waals surface area contributed by atoms with E-state index in [9.17, 15) is 4.79 Å². The smallest absolute Gasteiger partial charge is 0.241 e. The molecule has 3 rings (SSSR count). The highest BCUT2D eigenvalue weighted by Gasteiger charge is 2.26. The van der Waals surface area contributed by atoms with Crippen LogP contribution in [0.4, 0.5) is 5.69 Å². The van der Waals surface area contributed by atoms with E-state index in [1.54, 1.807) is 6.07 Å². The molecule has 1 amide bonds. The van der Waals surface area contributed by atoms with Crippen molar-refractivity contribution < 1.29 is 14.3 Å². The van der Waals surface area contributed by atoms with Crippen molar-refractivity contribution in [2.45, 2.75) is 18.9 Å².